The van der Waals surface area contributed by atoms with Crippen LogP contribution < -0.4 is 5.32 Å². The van der Waals surface area contributed by atoms with E-state index in [1.165, 1.54) is 0 Å². The minimum absolute atomic E-state index is 0.722. The summed E-state index contributed by atoms with van der Waals surface area (Å²) in [5.74, 6) is 0. The van der Waals surface area contributed by atoms with Gasteiger partial charge in [-0.3, -0.25) is 0 Å². The van der Waals surface area contributed by atoms with Gasteiger partial charge in [0, 0.05) is 23.9 Å². The molecule has 0 aliphatic carbocycles. The Hall–Kier alpha value is -2.24. The molecule has 0 bridgehead atoms. The Balaban J connectivity index is 1.81. The topological polar surface area (TPSA) is 37.4 Å². The molecule has 116 valence electrons. The van der Waals surface area contributed by atoms with Crippen molar-refractivity contribution in [1.29, 1.82) is 0 Å². The van der Waals surface area contributed by atoms with Crippen molar-refractivity contribution >= 4 is 44.8 Å². The number of para-hydroxylation sites is 2. The normalized spacial score (nSPS) is 15.0. The monoisotopic (exact) mass is 323 g/mol. The summed E-state index contributed by atoms with van der Waals surface area (Å²) >= 11 is 5.62. The van der Waals surface area contributed by atoms with Crippen LogP contribution in [0.2, 0.25) is 0 Å². The lowest BCUT2D eigenvalue weighted by atomic mass is 10.1. The van der Waals surface area contributed by atoms with Gasteiger partial charge in [-0.1, -0.05) is 36.4 Å². The fourth-order valence-corrected chi connectivity index (χ4v) is 3.21. The molecule has 4 rings (SSSR count). The largest absolute Gasteiger partial charge is 0.378 e. The van der Waals surface area contributed by atoms with Crippen LogP contribution in [-0.4, -0.2) is 41.3 Å². The summed E-state index contributed by atoms with van der Waals surface area (Å²) in [7, 11) is 0. The van der Waals surface area contributed by atoms with Crippen molar-refractivity contribution in [2.24, 2.45) is 0 Å². The van der Waals surface area contributed by atoms with Crippen molar-refractivity contribution in [3.8, 4) is 0 Å². The van der Waals surface area contributed by atoms with Crippen LogP contribution in [0.4, 0.5) is 5.69 Å². The standard InChI is InChI=1S/C18H17N3OS/c23-18(21-9-11-22-12-10-21)20-17-13-5-1-3-7-15(13)19-16-8-4-2-6-14(16)17/h1-8H,9-12H2,(H,19,20,23). The first kappa shape index (κ1) is 14.4. The molecule has 0 radical (unpaired) electrons. The van der Waals surface area contributed by atoms with Crippen LogP contribution in [0.25, 0.3) is 21.8 Å². The van der Waals surface area contributed by atoms with Crippen LogP contribution >= 0.6 is 12.2 Å². The second-order valence-electron chi connectivity index (χ2n) is 5.55. The van der Waals surface area contributed by atoms with E-state index in [2.05, 4.69) is 22.3 Å². The first-order valence-electron chi connectivity index (χ1n) is 7.74. The molecule has 23 heavy (non-hydrogen) atoms. The van der Waals surface area contributed by atoms with Gasteiger partial charge in [-0.2, -0.15) is 0 Å². The smallest absolute Gasteiger partial charge is 0.173 e. The van der Waals surface area contributed by atoms with E-state index in [0.29, 0.717) is 0 Å². The highest BCUT2D eigenvalue weighted by atomic mass is 32.1. The molecule has 1 saturated heterocycles. The van der Waals surface area contributed by atoms with Gasteiger partial charge in [-0.25, -0.2) is 4.98 Å². The first-order valence-corrected chi connectivity index (χ1v) is 8.15. The number of fused-ring (bicyclic) bond motifs is 2. The van der Waals surface area contributed by atoms with E-state index < -0.39 is 0 Å². The molecule has 5 heteroatoms. The van der Waals surface area contributed by atoms with E-state index in [1.807, 2.05) is 36.4 Å². The summed E-state index contributed by atoms with van der Waals surface area (Å²) in [6.07, 6.45) is 0. The number of hydrogen-bond acceptors (Lipinski definition) is 3. The van der Waals surface area contributed by atoms with Crippen LogP contribution in [-0.2, 0) is 4.74 Å². The molecule has 1 N–H and O–H groups in total. The maximum absolute atomic E-state index is 5.62. The highest BCUT2D eigenvalue weighted by Crippen LogP contribution is 2.30. The second kappa shape index (κ2) is 6.10. The zero-order chi connectivity index (χ0) is 15.6. The van der Waals surface area contributed by atoms with Gasteiger partial charge < -0.3 is 15.0 Å². The Morgan fingerprint density at radius 3 is 2.13 bits per heavy atom. The van der Waals surface area contributed by atoms with Crippen LogP contribution in [0.5, 0.6) is 0 Å². The number of ether oxygens (including phenoxy) is 1. The zero-order valence-electron chi connectivity index (χ0n) is 12.7. The predicted molar refractivity (Wildman–Crippen MR) is 97.9 cm³/mol. The number of nitrogens with one attached hydrogen (secondary N) is 1. The second-order valence-corrected chi connectivity index (χ2v) is 5.94. The third-order valence-corrected chi connectivity index (χ3v) is 4.48. The van der Waals surface area contributed by atoms with Gasteiger partial charge in [0.25, 0.3) is 0 Å². The number of thiocarbonyl (C=S) groups is 1. The average Bonchev–Trinajstić information content (AvgIpc) is 2.62. The van der Waals surface area contributed by atoms with Crippen molar-refractivity contribution in [1.82, 2.24) is 9.88 Å². The molecular formula is C18H17N3OS. The minimum atomic E-state index is 0.722. The van der Waals surface area contributed by atoms with Gasteiger partial charge in [0.05, 0.1) is 29.9 Å². The van der Waals surface area contributed by atoms with E-state index in [9.17, 15) is 0 Å². The highest BCUT2D eigenvalue weighted by Gasteiger charge is 2.16. The molecule has 0 unspecified atom stereocenters. The number of morpholine rings is 1. The van der Waals surface area contributed by atoms with Gasteiger partial charge in [-0.05, 0) is 24.4 Å². The van der Waals surface area contributed by atoms with E-state index >= 15 is 0 Å². The van der Waals surface area contributed by atoms with Gasteiger partial charge in [0.15, 0.2) is 5.11 Å². The summed E-state index contributed by atoms with van der Waals surface area (Å²) in [5.41, 5.74) is 2.97. The Labute approximate surface area is 140 Å². The molecule has 1 aliphatic rings. The summed E-state index contributed by atoms with van der Waals surface area (Å²) < 4.78 is 5.40. The van der Waals surface area contributed by atoms with Crippen LogP contribution in [0.1, 0.15) is 0 Å². The molecular weight excluding hydrogens is 306 g/mol. The Bertz CT molecular complexity index is 820. The molecule has 0 atom stereocenters. The highest BCUT2D eigenvalue weighted by molar-refractivity contribution is 7.80. The average molecular weight is 323 g/mol. The third kappa shape index (κ3) is 2.73. The predicted octanol–water partition coefficient (Wildman–Crippen LogP) is 3.42. The van der Waals surface area contributed by atoms with Crippen LogP contribution in [0.3, 0.4) is 0 Å². The molecule has 2 aromatic carbocycles. The maximum atomic E-state index is 5.62. The maximum Gasteiger partial charge on any atom is 0.173 e. The zero-order valence-corrected chi connectivity index (χ0v) is 13.5. The number of benzene rings is 2. The molecule has 0 spiro atoms. The third-order valence-electron chi connectivity index (χ3n) is 4.12. The Kier molecular flexibility index (Phi) is 3.81. The number of rotatable bonds is 1. The number of nitrogens with zero attached hydrogens (tertiary/aromatic N) is 2. The molecule has 0 saturated carbocycles. The van der Waals surface area contributed by atoms with Crippen molar-refractivity contribution in [3.63, 3.8) is 0 Å². The molecule has 1 aliphatic heterocycles. The molecule has 1 fully saturated rings. The van der Waals surface area contributed by atoms with Gasteiger partial charge in [-0.15, -0.1) is 0 Å². The number of hydrogen-bond donors (Lipinski definition) is 1. The number of anilines is 1. The van der Waals surface area contributed by atoms with Crippen molar-refractivity contribution in [3.05, 3.63) is 48.5 Å². The number of aromatic nitrogens is 1. The first-order chi connectivity index (χ1) is 11.3. The molecule has 3 aromatic rings. The summed E-state index contributed by atoms with van der Waals surface area (Å²) in [6, 6.07) is 16.3. The molecule has 2 heterocycles. The van der Waals surface area contributed by atoms with E-state index in [0.717, 1.165) is 58.9 Å². The van der Waals surface area contributed by atoms with Crippen molar-refractivity contribution < 1.29 is 4.74 Å². The van der Waals surface area contributed by atoms with E-state index in [4.69, 9.17) is 21.9 Å². The molecule has 1 aromatic heterocycles. The Morgan fingerprint density at radius 1 is 0.957 bits per heavy atom. The SMILES string of the molecule is S=C(Nc1c2ccccc2nc2ccccc12)N1CCOCC1. The van der Waals surface area contributed by atoms with E-state index in [1.54, 1.807) is 0 Å². The van der Waals surface area contributed by atoms with Crippen LogP contribution in [0.15, 0.2) is 48.5 Å². The molecule has 0 amide bonds. The lowest BCUT2D eigenvalue weighted by Gasteiger charge is -2.29. The fourth-order valence-electron chi connectivity index (χ4n) is 2.93. The summed E-state index contributed by atoms with van der Waals surface area (Å²) in [5, 5.41) is 6.37. The quantitative estimate of drug-likeness (QED) is 0.549. The van der Waals surface area contributed by atoms with Crippen LogP contribution in [0, 0.1) is 0 Å². The lowest BCUT2D eigenvalue weighted by molar-refractivity contribution is 0.0690. The van der Waals surface area contributed by atoms with Crippen molar-refractivity contribution in [2.75, 3.05) is 31.6 Å². The minimum Gasteiger partial charge on any atom is -0.378 e. The lowest BCUT2D eigenvalue weighted by Crippen LogP contribution is -2.42. The van der Waals surface area contributed by atoms with Crippen molar-refractivity contribution in [2.45, 2.75) is 0 Å². The molecule has 4 nitrogen and oxygen atoms in total. The van der Waals surface area contributed by atoms with E-state index in [-0.39, 0.29) is 0 Å². The fraction of sp³-hybridized carbons (Fsp3) is 0.222. The summed E-state index contributed by atoms with van der Waals surface area (Å²) in [4.78, 5) is 6.90. The van der Waals surface area contributed by atoms with Gasteiger partial charge in [0.2, 0.25) is 0 Å². The summed E-state index contributed by atoms with van der Waals surface area (Å²) in [6.45, 7) is 3.10. The number of pyridine rings is 1. The van der Waals surface area contributed by atoms with Gasteiger partial charge >= 0.3 is 0 Å². The van der Waals surface area contributed by atoms with Gasteiger partial charge in [0.1, 0.15) is 0 Å². The Morgan fingerprint density at radius 2 is 1.52 bits per heavy atom.